The van der Waals surface area contributed by atoms with E-state index in [0.29, 0.717) is 5.92 Å². The van der Waals surface area contributed by atoms with Gasteiger partial charge in [-0.05, 0) is 36.8 Å². The molecule has 0 spiro atoms. The molecule has 0 aliphatic rings. The monoisotopic (exact) mass is 320 g/mol. The van der Waals surface area contributed by atoms with E-state index in [0.717, 1.165) is 24.6 Å². The van der Waals surface area contributed by atoms with Crippen molar-refractivity contribution in [2.75, 3.05) is 5.33 Å². The fourth-order valence-corrected chi connectivity index (χ4v) is 2.82. The molecule has 3 heteroatoms. The van der Waals surface area contributed by atoms with E-state index >= 15 is 0 Å². The van der Waals surface area contributed by atoms with E-state index in [-0.39, 0.29) is 0 Å². The van der Waals surface area contributed by atoms with Crippen LogP contribution in [0.3, 0.4) is 0 Å². The lowest BCUT2D eigenvalue weighted by Crippen LogP contribution is -2.12. The molecule has 1 atom stereocenters. The molecule has 0 radical (unpaired) electrons. The van der Waals surface area contributed by atoms with Gasteiger partial charge in [0.05, 0.1) is 5.69 Å². The molecule has 0 saturated heterocycles. The Labute approximate surface area is 124 Å². The lowest BCUT2D eigenvalue weighted by Gasteiger charge is -2.14. The first-order valence-electron chi connectivity index (χ1n) is 6.84. The number of rotatable bonds is 6. The van der Waals surface area contributed by atoms with Crippen molar-refractivity contribution in [2.45, 2.75) is 26.2 Å². The topological polar surface area (TPSA) is 17.8 Å². The van der Waals surface area contributed by atoms with Crippen LogP contribution >= 0.6 is 15.9 Å². The van der Waals surface area contributed by atoms with Gasteiger partial charge in [0.15, 0.2) is 0 Å². The number of hydrogen-bond donors (Lipinski definition) is 0. The van der Waals surface area contributed by atoms with Crippen LogP contribution in [0.5, 0.6) is 0 Å². The molecule has 102 valence electrons. The van der Waals surface area contributed by atoms with Crippen LogP contribution in [-0.4, -0.2) is 15.1 Å². The summed E-state index contributed by atoms with van der Waals surface area (Å²) < 4.78 is 2.03. The second-order valence-corrected chi connectivity index (χ2v) is 5.67. The summed E-state index contributed by atoms with van der Waals surface area (Å²) in [6.45, 7) is 2.15. The Bertz CT molecular complexity index is 505. The molecule has 0 bridgehead atoms. The second kappa shape index (κ2) is 6.90. The van der Waals surface area contributed by atoms with Gasteiger partial charge in [0.1, 0.15) is 0 Å². The minimum atomic E-state index is 0.613. The third kappa shape index (κ3) is 3.93. The zero-order valence-corrected chi connectivity index (χ0v) is 13.2. The summed E-state index contributed by atoms with van der Waals surface area (Å²) in [4.78, 5) is 0. The Balaban J connectivity index is 2.04. The van der Waals surface area contributed by atoms with Crippen LogP contribution in [0.2, 0.25) is 0 Å². The van der Waals surface area contributed by atoms with Gasteiger partial charge in [-0.1, -0.05) is 53.2 Å². The molecule has 0 N–H and O–H groups in total. The van der Waals surface area contributed by atoms with Gasteiger partial charge in [0.2, 0.25) is 0 Å². The van der Waals surface area contributed by atoms with Crippen LogP contribution in [0.4, 0.5) is 0 Å². The normalized spacial score (nSPS) is 12.6. The molecule has 1 aromatic carbocycles. The second-order valence-electron chi connectivity index (χ2n) is 5.02. The van der Waals surface area contributed by atoms with Crippen molar-refractivity contribution >= 4 is 15.9 Å². The maximum Gasteiger partial charge on any atom is 0.0624 e. The van der Waals surface area contributed by atoms with Crippen molar-refractivity contribution in [3.8, 4) is 0 Å². The van der Waals surface area contributed by atoms with Crippen LogP contribution in [0.25, 0.3) is 0 Å². The van der Waals surface area contributed by atoms with Crippen molar-refractivity contribution in [1.29, 1.82) is 0 Å². The molecule has 0 aliphatic carbocycles. The Morgan fingerprint density at radius 2 is 1.95 bits per heavy atom. The maximum atomic E-state index is 4.52. The largest absolute Gasteiger partial charge is 0.272 e. The Morgan fingerprint density at radius 3 is 2.53 bits per heavy atom. The molecule has 0 amide bonds. The fraction of sp³-hybridized carbons (Fsp3) is 0.438. The average molecular weight is 321 g/mol. The van der Waals surface area contributed by atoms with Gasteiger partial charge >= 0.3 is 0 Å². The molecule has 19 heavy (non-hydrogen) atoms. The summed E-state index contributed by atoms with van der Waals surface area (Å²) in [6.07, 6.45) is 3.19. The lowest BCUT2D eigenvalue weighted by atomic mass is 9.96. The highest BCUT2D eigenvalue weighted by molar-refractivity contribution is 9.09. The quantitative estimate of drug-likeness (QED) is 0.741. The van der Waals surface area contributed by atoms with Crippen LogP contribution in [0.15, 0.2) is 36.4 Å². The number of halogens is 1. The molecule has 2 aromatic rings. The molecule has 1 unspecified atom stereocenters. The molecule has 2 nitrogen and oxygen atoms in total. The first kappa shape index (κ1) is 14.3. The van der Waals surface area contributed by atoms with Crippen LogP contribution in [0.1, 0.15) is 23.9 Å². The van der Waals surface area contributed by atoms with Gasteiger partial charge < -0.3 is 0 Å². The van der Waals surface area contributed by atoms with E-state index in [1.807, 2.05) is 11.7 Å². The van der Waals surface area contributed by atoms with E-state index < -0.39 is 0 Å². The van der Waals surface area contributed by atoms with Gasteiger partial charge in [-0.3, -0.25) is 4.68 Å². The molecule has 1 heterocycles. The highest BCUT2D eigenvalue weighted by Gasteiger charge is 2.13. The molecule has 2 rings (SSSR count). The van der Waals surface area contributed by atoms with Gasteiger partial charge in [0, 0.05) is 18.1 Å². The third-order valence-corrected chi connectivity index (χ3v) is 4.39. The summed E-state index contributed by atoms with van der Waals surface area (Å²) >= 11 is 3.65. The standard InChI is InChI=1S/C16H21BrN2/c1-3-15-11-16(19(2)18-15)10-14(12-17)9-13-7-5-4-6-8-13/h4-8,11,14H,3,9-10,12H2,1-2H3. The number of alkyl halides is 1. The van der Waals surface area contributed by atoms with E-state index in [1.54, 1.807) is 0 Å². The predicted octanol–water partition coefficient (Wildman–Crippen LogP) is 3.78. The van der Waals surface area contributed by atoms with Gasteiger partial charge in [0.25, 0.3) is 0 Å². The number of nitrogens with zero attached hydrogens (tertiary/aromatic N) is 2. The van der Waals surface area contributed by atoms with Crippen molar-refractivity contribution in [3.63, 3.8) is 0 Å². The zero-order chi connectivity index (χ0) is 13.7. The molecule has 0 fully saturated rings. The van der Waals surface area contributed by atoms with E-state index in [4.69, 9.17) is 0 Å². The molecular formula is C16H21BrN2. The maximum absolute atomic E-state index is 4.52. The van der Waals surface area contributed by atoms with Gasteiger partial charge in [-0.15, -0.1) is 0 Å². The van der Waals surface area contributed by atoms with Crippen molar-refractivity contribution in [2.24, 2.45) is 13.0 Å². The predicted molar refractivity (Wildman–Crippen MR) is 83.7 cm³/mol. The number of hydrogen-bond acceptors (Lipinski definition) is 1. The summed E-state index contributed by atoms with van der Waals surface area (Å²) in [7, 11) is 2.04. The van der Waals surface area contributed by atoms with Crippen molar-refractivity contribution in [3.05, 3.63) is 53.3 Å². The van der Waals surface area contributed by atoms with Crippen LogP contribution < -0.4 is 0 Å². The van der Waals surface area contributed by atoms with Crippen LogP contribution in [-0.2, 0) is 26.3 Å². The van der Waals surface area contributed by atoms with Crippen molar-refractivity contribution in [1.82, 2.24) is 9.78 Å². The van der Waals surface area contributed by atoms with Crippen LogP contribution in [0, 0.1) is 5.92 Å². The Kier molecular flexibility index (Phi) is 5.20. The van der Waals surface area contributed by atoms with E-state index in [9.17, 15) is 0 Å². The van der Waals surface area contributed by atoms with Crippen molar-refractivity contribution < 1.29 is 0 Å². The minimum absolute atomic E-state index is 0.613. The highest BCUT2D eigenvalue weighted by atomic mass is 79.9. The lowest BCUT2D eigenvalue weighted by molar-refractivity contribution is 0.556. The van der Waals surface area contributed by atoms with E-state index in [1.165, 1.54) is 17.0 Å². The third-order valence-electron chi connectivity index (χ3n) is 3.47. The first-order valence-corrected chi connectivity index (χ1v) is 7.96. The first-order chi connectivity index (χ1) is 9.22. The summed E-state index contributed by atoms with van der Waals surface area (Å²) in [5, 5.41) is 5.55. The summed E-state index contributed by atoms with van der Waals surface area (Å²) in [5.74, 6) is 0.613. The summed E-state index contributed by atoms with van der Waals surface area (Å²) in [5.41, 5.74) is 3.92. The zero-order valence-electron chi connectivity index (χ0n) is 11.6. The van der Waals surface area contributed by atoms with Gasteiger partial charge in [-0.25, -0.2) is 0 Å². The molecular weight excluding hydrogens is 300 g/mol. The number of aryl methyl sites for hydroxylation is 2. The smallest absolute Gasteiger partial charge is 0.0624 e. The summed E-state index contributed by atoms with van der Waals surface area (Å²) in [6, 6.07) is 12.9. The SMILES string of the molecule is CCc1cc(CC(CBr)Cc2ccccc2)n(C)n1. The van der Waals surface area contributed by atoms with E-state index in [2.05, 4.69) is 64.4 Å². The number of aromatic nitrogens is 2. The minimum Gasteiger partial charge on any atom is -0.272 e. The average Bonchev–Trinajstić information content (AvgIpc) is 2.80. The molecule has 0 saturated carbocycles. The fourth-order valence-electron chi connectivity index (χ4n) is 2.36. The number of benzene rings is 1. The molecule has 1 aromatic heterocycles. The molecule has 0 aliphatic heterocycles. The Morgan fingerprint density at radius 1 is 1.21 bits per heavy atom. The Hall–Kier alpha value is -1.09. The highest BCUT2D eigenvalue weighted by Crippen LogP contribution is 2.17. The van der Waals surface area contributed by atoms with Gasteiger partial charge in [-0.2, -0.15) is 5.10 Å².